The summed E-state index contributed by atoms with van der Waals surface area (Å²) in [5.74, 6) is 0. The zero-order valence-electron chi connectivity index (χ0n) is 83.2. The molecule has 0 unspecified atom stereocenters. The zero-order valence-corrected chi connectivity index (χ0v) is 84.1. The van der Waals surface area contributed by atoms with Crippen molar-refractivity contribution in [3.05, 3.63) is 408 Å². The normalized spacial score (nSPS) is 13.9. The topological polar surface area (TPSA) is 30.0 Å². The number of fused-ring (bicyclic) bond motifs is 10. The predicted molar refractivity (Wildman–Crippen MR) is 575 cm³/mol. The van der Waals surface area contributed by atoms with Gasteiger partial charge in [0.05, 0.1) is 0 Å². The molecular weight excluding hydrogens is 1640 g/mol. The average Bonchev–Trinajstić information content (AvgIpc) is 1.46. The fourth-order valence-electron chi connectivity index (χ4n) is 19.7. The van der Waals surface area contributed by atoms with Gasteiger partial charge in [-0.05, 0) is 324 Å². The van der Waals surface area contributed by atoms with E-state index in [-0.39, 0.29) is 43.3 Å². The van der Waals surface area contributed by atoms with Crippen LogP contribution in [0.25, 0.3) is 66.8 Å². The van der Waals surface area contributed by atoms with Crippen LogP contribution in [0.4, 0.5) is 68.2 Å². The van der Waals surface area contributed by atoms with E-state index in [0.29, 0.717) is 0 Å². The van der Waals surface area contributed by atoms with Crippen LogP contribution in [-0.4, -0.2) is 4.21 Å². The van der Waals surface area contributed by atoms with E-state index in [4.69, 9.17) is 0 Å². The van der Waals surface area contributed by atoms with Gasteiger partial charge < -0.3 is 19.6 Å². The molecule has 6 heteroatoms. The molecule has 0 radical (unpaired) electrons. The molecule has 0 amide bonds. The van der Waals surface area contributed by atoms with Crippen LogP contribution in [0.15, 0.2) is 384 Å². The van der Waals surface area contributed by atoms with Crippen LogP contribution in [0.5, 0.6) is 0 Å². The van der Waals surface area contributed by atoms with E-state index in [0.717, 1.165) is 155 Å². The molecule has 2 aliphatic heterocycles. The zero-order chi connectivity index (χ0) is 95.0. The molecule has 134 heavy (non-hydrogen) atoms. The maximum atomic E-state index is 20.9. The molecule has 16 aromatic carbocycles. The Morgan fingerprint density at radius 1 is 0.149 bits per heavy atom. The second kappa shape index (κ2) is 33.5. The fraction of sp³-hybridized carbons (Fsp3) is 0.250. The first-order valence-electron chi connectivity index (χ1n) is 48.0. The first-order valence-corrected chi connectivity index (χ1v) is 49.9. The molecule has 0 saturated carbocycles. The van der Waals surface area contributed by atoms with Crippen LogP contribution >= 0.6 is 0 Å². The van der Waals surface area contributed by atoms with E-state index >= 15 is 4.21 Å². The van der Waals surface area contributed by atoms with Crippen molar-refractivity contribution in [2.75, 3.05) is 19.6 Å². The Balaban J connectivity index is 0.888. The Morgan fingerprint density at radius 3 is 0.418 bits per heavy atom. The highest BCUT2D eigenvalue weighted by Gasteiger charge is 2.58. The van der Waals surface area contributed by atoms with Gasteiger partial charge >= 0.3 is 0 Å². The van der Waals surface area contributed by atoms with Gasteiger partial charge in [0.1, 0.15) is 0 Å². The van der Waals surface area contributed by atoms with E-state index in [1.165, 1.54) is 44.5 Å². The van der Waals surface area contributed by atoms with E-state index in [2.05, 4.69) is 550 Å². The van der Waals surface area contributed by atoms with Gasteiger partial charge in [-0.1, -0.05) is 360 Å². The van der Waals surface area contributed by atoms with Gasteiger partial charge in [0.25, 0.3) is 0 Å². The summed E-state index contributed by atoms with van der Waals surface area (Å²) in [4.78, 5) is 12.7. The summed E-state index contributed by atoms with van der Waals surface area (Å²) in [5, 5.41) is 0. The third-order valence-electron chi connectivity index (χ3n) is 27.9. The van der Waals surface area contributed by atoms with Crippen LogP contribution in [-0.2, 0) is 52.4 Å². The van der Waals surface area contributed by atoms with Crippen molar-refractivity contribution < 1.29 is 4.21 Å². The number of rotatable bonds is 16. The van der Waals surface area contributed by atoms with Crippen LogP contribution in [0, 0.1) is 0 Å². The molecule has 0 saturated heterocycles. The van der Waals surface area contributed by atoms with Crippen LogP contribution in [0.1, 0.15) is 211 Å². The summed E-state index contributed by atoms with van der Waals surface area (Å²) in [6.45, 7) is 54.7. The van der Waals surface area contributed by atoms with Crippen molar-refractivity contribution in [1.82, 2.24) is 0 Å². The van der Waals surface area contributed by atoms with Crippen LogP contribution < -0.4 is 19.6 Å². The summed E-state index contributed by atoms with van der Waals surface area (Å²) in [7, 11) is -4.96. The molecular formula is C128H132N4OS. The van der Waals surface area contributed by atoms with Gasteiger partial charge in [-0.25, -0.2) is 0 Å². The van der Waals surface area contributed by atoms with Gasteiger partial charge in [0.2, 0.25) is 0 Å². The summed E-state index contributed by atoms with van der Waals surface area (Å²) >= 11 is 0. The lowest BCUT2D eigenvalue weighted by molar-refractivity contribution is 0.590. The molecule has 2 heterocycles. The van der Waals surface area contributed by atoms with Crippen molar-refractivity contribution in [3.63, 3.8) is 0 Å². The molecule has 0 bridgehead atoms. The number of hydrogen-bond acceptors (Lipinski definition) is 5. The lowest BCUT2D eigenvalue weighted by Gasteiger charge is -2.39. The van der Waals surface area contributed by atoms with Gasteiger partial charge in [-0.3, -0.25) is 4.21 Å². The molecule has 0 N–H and O–H groups in total. The fourth-order valence-corrected chi connectivity index (χ4v) is 24.9. The largest absolute Gasteiger partial charge is 0.310 e. The van der Waals surface area contributed by atoms with Crippen molar-refractivity contribution in [1.29, 1.82) is 0 Å². The Bertz CT molecular complexity index is 6080. The molecule has 18 rings (SSSR count). The van der Waals surface area contributed by atoms with Crippen LogP contribution in [0.3, 0.4) is 0 Å². The minimum atomic E-state index is -4.96. The molecule has 676 valence electrons. The molecule has 0 fully saturated rings. The van der Waals surface area contributed by atoms with Crippen molar-refractivity contribution >= 4 is 77.3 Å². The Kier molecular flexibility index (Phi) is 22.8. The highest BCUT2D eigenvalue weighted by atomic mass is 32.3. The van der Waals surface area contributed by atoms with Crippen molar-refractivity contribution in [3.8, 4) is 66.8 Å². The minimum Gasteiger partial charge on any atom is -0.310 e. The third kappa shape index (κ3) is 17.1. The first kappa shape index (κ1) is 91.4. The highest BCUT2D eigenvalue weighted by molar-refractivity contribution is 8.21. The Hall–Kier alpha value is -13.1. The van der Waals surface area contributed by atoms with Gasteiger partial charge in [-0.15, -0.1) is 0 Å². The minimum absolute atomic E-state index is 0.0412. The smallest absolute Gasteiger partial charge is 0.0467 e. The summed E-state index contributed by atoms with van der Waals surface area (Å²) < 4.78 is 20.9. The van der Waals surface area contributed by atoms with E-state index in [1.807, 2.05) is 0 Å². The number of anilines is 12. The SMILES string of the molecule is CC(C)(C)c1ccc(N(c2ccc(C(C)(C)C)cc2)c2cccc(-c3ccc4c(c3)S3(=O)(c5cc(-c6cccc(N(c7ccc(C(C)(C)C)cc7)c7ccc(C(C)(C)C)cc7)c6)ccc5-4)c4cc(-c5cccc(N(c6ccc(C(C)(C)C)cc6)c6ccc(C(C)(C)C)cc6)c5)ccc4-c4ccc(-c5cccc(N(c6ccc(C(C)(C)C)cc6)c6ccc(C(C)(C)C)cc6)c5)cc43)c2)cc1. The monoisotopic (exact) mass is 1770 g/mol. The molecule has 5 nitrogen and oxygen atoms in total. The Morgan fingerprint density at radius 2 is 0.284 bits per heavy atom. The molecule has 0 atom stereocenters. The molecule has 0 aliphatic carbocycles. The van der Waals surface area contributed by atoms with Crippen LogP contribution in [0.2, 0.25) is 0 Å². The number of benzene rings is 16. The average molecular weight is 1770 g/mol. The predicted octanol–water partition coefficient (Wildman–Crippen LogP) is 36.9. The second-order valence-electron chi connectivity index (χ2n) is 45.7. The van der Waals surface area contributed by atoms with Crippen molar-refractivity contribution in [2.24, 2.45) is 0 Å². The molecule has 16 aromatic rings. The van der Waals surface area contributed by atoms with Gasteiger partial charge in [0.15, 0.2) is 0 Å². The summed E-state index contributed by atoms with van der Waals surface area (Å²) in [6, 6.07) is 137. The number of hydrogen-bond donors (Lipinski definition) is 0. The molecule has 0 aromatic heterocycles. The van der Waals surface area contributed by atoms with Gasteiger partial charge in [0, 0.05) is 96.9 Å². The standard InChI is InChI=1S/C128H132N4OS/c1-121(2,3)93-41-57-101(58-42-93)129(102-59-43-94(44-60-102)122(4,5)6)109-33-25-29-85(77-109)89-37-73-113-114-74-38-90(86-30-26-34-110(78-86)130(103-61-45-95(46-62-103)123(7,8)9)104-63-47-96(48-64-104)124(10,11)12)82-118(114)134(133,117(113)81-89)119-83-91(87-31-27-35-111(79-87)131(105-65-49-97(50-66-105)125(13,14)15)106-67-51-98(52-68-106)126(16,17)18)39-75-115(119)116-76-40-92(84-120(116)134)88-32-28-36-112(80-88)132(107-69-53-99(54-70-107)127(19,20)21)108-71-55-100(56-72-108)128(22,23)24/h25-84H,1-24H3. The maximum absolute atomic E-state index is 20.9. The second-order valence-corrected chi connectivity index (χ2v) is 49.4. The Labute approximate surface area is 799 Å². The quantitative estimate of drug-likeness (QED) is 0.0962. The lowest BCUT2D eigenvalue weighted by Crippen LogP contribution is -2.30. The lowest BCUT2D eigenvalue weighted by atomic mass is 9.86. The third-order valence-corrected chi connectivity index (χ3v) is 32.6. The molecule has 1 spiro atoms. The van der Waals surface area contributed by atoms with E-state index in [9.17, 15) is 0 Å². The van der Waals surface area contributed by atoms with Crippen molar-refractivity contribution in [2.45, 2.75) is 229 Å². The summed E-state index contributed by atoms with van der Waals surface area (Å²) in [5.41, 5.74) is 33.9. The summed E-state index contributed by atoms with van der Waals surface area (Å²) in [6.07, 6.45) is 0. The van der Waals surface area contributed by atoms with E-state index < -0.39 is 9.07 Å². The highest BCUT2D eigenvalue weighted by Crippen LogP contribution is 2.72. The maximum Gasteiger partial charge on any atom is 0.0467 e. The number of nitrogens with zero attached hydrogens (tertiary/aromatic N) is 4. The van der Waals surface area contributed by atoms with E-state index in [1.54, 1.807) is 0 Å². The van der Waals surface area contributed by atoms with Gasteiger partial charge in [-0.2, -0.15) is 0 Å². The molecule has 2 aliphatic rings. The first-order chi connectivity index (χ1) is 63.3.